The smallest absolute Gasteiger partial charge is 0.341 e. The molecule has 1 fully saturated rings. The predicted octanol–water partition coefficient (Wildman–Crippen LogP) is 2.93. The minimum Gasteiger partial charge on any atom is -0.341 e. The Balaban J connectivity index is 1.73. The van der Waals surface area contributed by atoms with Gasteiger partial charge in [0, 0.05) is 31.3 Å². The number of likely N-dealkylation sites (tertiary alicyclic amines) is 1. The lowest BCUT2D eigenvalue weighted by molar-refractivity contribution is -0.183. The number of hydrogen-bond donors (Lipinski definition) is 0. The number of nitrogens with zero attached hydrogens (tertiary/aromatic N) is 5. The Morgan fingerprint density at radius 3 is 2.39 bits per heavy atom. The molecule has 4 rings (SSSR count). The van der Waals surface area contributed by atoms with Crippen LogP contribution in [-0.4, -0.2) is 49.4 Å². The van der Waals surface area contributed by atoms with Crippen LogP contribution in [0.4, 0.5) is 30.7 Å². The van der Waals surface area contributed by atoms with Crippen molar-refractivity contribution in [2.45, 2.75) is 50.6 Å². The van der Waals surface area contributed by atoms with Crippen LogP contribution in [-0.2, 0) is 23.9 Å². The highest BCUT2D eigenvalue weighted by Gasteiger charge is 2.48. The first-order valence-electron chi connectivity index (χ1n) is 10.1. The van der Waals surface area contributed by atoms with E-state index in [4.69, 9.17) is 0 Å². The molecule has 1 saturated heterocycles. The zero-order chi connectivity index (χ0) is 24.1. The number of amides is 1. The maximum Gasteiger partial charge on any atom is 0.436 e. The molecular weight excluding hydrogens is 463 g/mol. The van der Waals surface area contributed by atoms with Crippen LogP contribution in [0.3, 0.4) is 0 Å². The number of alkyl halides is 6. The zero-order valence-corrected chi connectivity index (χ0v) is 17.0. The van der Waals surface area contributed by atoms with E-state index in [9.17, 15) is 40.3 Å². The molecule has 1 amide bonds. The van der Waals surface area contributed by atoms with Crippen LogP contribution in [0.1, 0.15) is 42.4 Å². The van der Waals surface area contributed by atoms with Crippen molar-refractivity contribution < 1.29 is 35.5 Å². The molecule has 0 spiro atoms. The van der Waals surface area contributed by atoms with Crippen molar-refractivity contribution in [1.29, 1.82) is 0 Å². The fraction of sp³-hybridized carbons (Fsp3) is 0.579. The number of hydrogen-bond acceptors (Lipinski definition) is 4. The first kappa shape index (κ1) is 23.2. The van der Waals surface area contributed by atoms with E-state index in [1.807, 2.05) is 0 Å². The Morgan fingerprint density at radius 1 is 1.12 bits per heavy atom. The number of aromatic nitrogens is 4. The zero-order valence-electron chi connectivity index (χ0n) is 17.0. The molecule has 2 aliphatic rings. The minimum absolute atomic E-state index is 0.323. The number of carbonyl (C=O) groups is 1. The van der Waals surface area contributed by atoms with Gasteiger partial charge in [0.25, 0.3) is 0 Å². The number of carbonyl (C=O) groups excluding carboxylic acids is 1. The van der Waals surface area contributed by atoms with E-state index >= 15 is 0 Å². The van der Waals surface area contributed by atoms with Crippen molar-refractivity contribution >= 4 is 5.91 Å². The molecule has 2 aromatic rings. The molecule has 14 heteroatoms. The highest BCUT2D eigenvalue weighted by atomic mass is 19.4. The molecule has 0 aromatic carbocycles. The number of halogens is 7. The monoisotopic (exact) mass is 481 g/mol. The van der Waals surface area contributed by atoms with E-state index in [0.29, 0.717) is 36.8 Å². The molecule has 180 valence electrons. The van der Waals surface area contributed by atoms with Crippen molar-refractivity contribution in [3.63, 3.8) is 0 Å². The summed E-state index contributed by atoms with van der Waals surface area (Å²) in [4.78, 5) is 30.2. The van der Waals surface area contributed by atoms with Gasteiger partial charge in [-0.05, 0) is 25.3 Å². The lowest BCUT2D eigenvalue weighted by Gasteiger charge is -2.32. The summed E-state index contributed by atoms with van der Waals surface area (Å²) in [6, 6.07) is -0.534. The molecule has 0 saturated carbocycles. The van der Waals surface area contributed by atoms with Gasteiger partial charge in [0.2, 0.25) is 5.91 Å². The van der Waals surface area contributed by atoms with Crippen molar-refractivity contribution in [3.05, 3.63) is 45.6 Å². The third-order valence-corrected chi connectivity index (χ3v) is 5.91. The highest BCUT2D eigenvalue weighted by Crippen LogP contribution is 2.39. The molecule has 0 N–H and O–H groups in total. The molecule has 2 atom stereocenters. The van der Waals surface area contributed by atoms with Gasteiger partial charge in [-0.25, -0.2) is 18.9 Å². The second-order valence-corrected chi connectivity index (χ2v) is 8.08. The van der Waals surface area contributed by atoms with Gasteiger partial charge in [-0.15, -0.1) is 0 Å². The third kappa shape index (κ3) is 4.34. The Hall–Kier alpha value is -2.93. The summed E-state index contributed by atoms with van der Waals surface area (Å²) < 4.78 is 95.1. The Bertz CT molecular complexity index is 1120. The number of fused-ring (bicyclic) bond motifs is 1. The molecule has 7 nitrogen and oxygen atoms in total. The first-order valence-corrected chi connectivity index (χ1v) is 10.1. The van der Waals surface area contributed by atoms with Gasteiger partial charge in [-0.3, -0.25) is 9.36 Å². The predicted molar refractivity (Wildman–Crippen MR) is 97.5 cm³/mol. The van der Waals surface area contributed by atoms with Gasteiger partial charge in [-0.1, -0.05) is 0 Å². The normalized spacial score (nSPS) is 21.4. The van der Waals surface area contributed by atoms with Crippen LogP contribution in [0.25, 0.3) is 0 Å². The van der Waals surface area contributed by atoms with Gasteiger partial charge >= 0.3 is 18.0 Å². The Morgan fingerprint density at radius 2 is 1.79 bits per heavy atom. The molecule has 33 heavy (non-hydrogen) atoms. The van der Waals surface area contributed by atoms with Gasteiger partial charge in [0.1, 0.15) is 11.9 Å². The fourth-order valence-corrected chi connectivity index (χ4v) is 4.27. The topological polar surface area (TPSA) is 73.0 Å². The highest BCUT2D eigenvalue weighted by molar-refractivity contribution is 5.81. The number of pyridine rings is 1. The lowest BCUT2D eigenvalue weighted by Crippen LogP contribution is -2.45. The molecule has 2 aliphatic heterocycles. The van der Waals surface area contributed by atoms with Crippen LogP contribution < -0.4 is 5.69 Å². The molecule has 2 aromatic heterocycles. The lowest BCUT2D eigenvalue weighted by atomic mass is 9.91. The second-order valence-electron chi connectivity index (χ2n) is 8.08. The van der Waals surface area contributed by atoms with Crippen LogP contribution >= 0.6 is 0 Å². The Labute approximate surface area is 181 Å². The standard InChI is InChI=1S/C19H18F7N5O2/c20-14-10(3-4-27-15(14)19(24,25)26)9-30-17(33)31-12(16(32)29-5-1-2-6-29)7-11(18(21,22)23)8-13(31)28-30/h3-4,11-12H,1-2,5-9H2. The van der Waals surface area contributed by atoms with Crippen molar-refractivity contribution in [2.75, 3.05) is 13.1 Å². The largest absolute Gasteiger partial charge is 0.436 e. The maximum absolute atomic E-state index is 14.4. The summed E-state index contributed by atoms with van der Waals surface area (Å²) in [5, 5.41) is 3.83. The SMILES string of the molecule is O=C(C1CC(C(F)(F)F)Cc2nn(Cc3ccnc(C(F)(F)F)c3F)c(=O)n21)N1CCCC1. The summed E-state index contributed by atoms with van der Waals surface area (Å²) in [6.45, 7) is -0.0586. The summed E-state index contributed by atoms with van der Waals surface area (Å²) >= 11 is 0. The maximum atomic E-state index is 14.4. The average Bonchev–Trinajstić information content (AvgIpc) is 3.36. The van der Waals surface area contributed by atoms with E-state index in [-0.39, 0.29) is 5.82 Å². The summed E-state index contributed by atoms with van der Waals surface area (Å²) in [6.07, 6.45) is -8.97. The van der Waals surface area contributed by atoms with Crippen molar-refractivity contribution in [3.8, 4) is 0 Å². The van der Waals surface area contributed by atoms with Crippen molar-refractivity contribution in [2.24, 2.45) is 5.92 Å². The van der Waals surface area contributed by atoms with Gasteiger partial charge in [0.15, 0.2) is 11.5 Å². The molecule has 0 aliphatic carbocycles. The quantitative estimate of drug-likeness (QED) is 0.633. The summed E-state index contributed by atoms with van der Waals surface area (Å²) in [5.41, 5.74) is -3.34. The van der Waals surface area contributed by atoms with Gasteiger partial charge in [0.05, 0.1) is 12.5 Å². The van der Waals surface area contributed by atoms with Crippen LogP contribution in [0.5, 0.6) is 0 Å². The average molecular weight is 481 g/mol. The van der Waals surface area contributed by atoms with Crippen LogP contribution in [0, 0.1) is 11.7 Å². The van der Waals surface area contributed by atoms with Crippen LogP contribution in [0.2, 0.25) is 0 Å². The van der Waals surface area contributed by atoms with E-state index in [1.165, 1.54) is 4.90 Å². The summed E-state index contributed by atoms with van der Waals surface area (Å²) in [5.74, 6) is -4.59. The minimum atomic E-state index is -5.08. The van der Waals surface area contributed by atoms with Crippen molar-refractivity contribution in [1.82, 2.24) is 24.2 Å². The summed E-state index contributed by atoms with van der Waals surface area (Å²) in [7, 11) is 0. The van der Waals surface area contributed by atoms with Gasteiger partial charge < -0.3 is 4.90 Å². The fourth-order valence-electron chi connectivity index (χ4n) is 4.27. The Kier molecular flexibility index (Phi) is 5.73. The molecular formula is C19H18F7N5O2. The molecule has 0 radical (unpaired) electrons. The van der Waals surface area contributed by atoms with Gasteiger partial charge in [-0.2, -0.15) is 31.4 Å². The molecule has 2 unspecified atom stereocenters. The van der Waals surface area contributed by atoms with E-state index in [2.05, 4.69) is 10.1 Å². The third-order valence-electron chi connectivity index (χ3n) is 5.91. The van der Waals surface area contributed by atoms with E-state index in [1.54, 1.807) is 0 Å². The second kappa shape index (κ2) is 8.13. The first-order chi connectivity index (χ1) is 15.4. The number of rotatable bonds is 3. The molecule has 0 bridgehead atoms. The molecule has 4 heterocycles. The van der Waals surface area contributed by atoms with E-state index in [0.717, 1.165) is 10.6 Å². The van der Waals surface area contributed by atoms with Crippen LogP contribution in [0.15, 0.2) is 17.1 Å². The van der Waals surface area contributed by atoms with E-state index < -0.39 is 72.4 Å².